The zero-order chi connectivity index (χ0) is 14.4. The van der Waals surface area contributed by atoms with Crippen molar-refractivity contribution < 1.29 is 4.79 Å². The summed E-state index contributed by atoms with van der Waals surface area (Å²) in [6.45, 7) is 2.06. The van der Waals surface area contributed by atoms with Gasteiger partial charge in [-0.1, -0.05) is 58.1 Å². The van der Waals surface area contributed by atoms with Crippen molar-refractivity contribution in [3.63, 3.8) is 0 Å². The third-order valence-electron chi connectivity index (χ3n) is 2.68. The van der Waals surface area contributed by atoms with Crippen molar-refractivity contribution in [1.29, 1.82) is 0 Å². The SMILES string of the molecule is CC[C@@H](NC(=O)CSc1nncs1)c1ccc(Br)cc1. The molecule has 0 saturated heterocycles. The van der Waals surface area contributed by atoms with E-state index in [1.165, 1.54) is 23.1 Å². The molecule has 7 heteroatoms. The lowest BCUT2D eigenvalue weighted by Gasteiger charge is -2.17. The first-order chi connectivity index (χ1) is 9.69. The molecule has 106 valence electrons. The molecule has 0 aliphatic heterocycles. The van der Waals surface area contributed by atoms with Gasteiger partial charge < -0.3 is 5.32 Å². The Kier molecular flexibility index (Phi) is 6.00. The average Bonchev–Trinajstić information content (AvgIpc) is 2.97. The number of benzene rings is 1. The molecule has 20 heavy (non-hydrogen) atoms. The number of carbonyl (C=O) groups excluding carboxylic acids is 1. The fraction of sp³-hybridized carbons (Fsp3) is 0.308. The maximum Gasteiger partial charge on any atom is 0.230 e. The molecule has 1 aromatic heterocycles. The van der Waals surface area contributed by atoms with Gasteiger partial charge in [0.25, 0.3) is 0 Å². The minimum absolute atomic E-state index is 0.0139. The molecule has 1 amide bonds. The van der Waals surface area contributed by atoms with Crippen LogP contribution in [0.15, 0.2) is 38.6 Å². The highest BCUT2D eigenvalue weighted by atomic mass is 79.9. The molecule has 1 heterocycles. The fourth-order valence-electron chi connectivity index (χ4n) is 1.71. The van der Waals surface area contributed by atoms with Gasteiger partial charge in [-0.15, -0.1) is 10.2 Å². The number of nitrogens with one attached hydrogen (secondary N) is 1. The molecule has 1 aromatic carbocycles. The second-order valence-corrected chi connectivity index (χ2v) is 7.04. The van der Waals surface area contributed by atoms with Gasteiger partial charge in [0, 0.05) is 4.47 Å². The van der Waals surface area contributed by atoms with Gasteiger partial charge >= 0.3 is 0 Å². The lowest BCUT2D eigenvalue weighted by molar-refractivity contribution is -0.119. The van der Waals surface area contributed by atoms with Crippen LogP contribution in [0.4, 0.5) is 0 Å². The monoisotopic (exact) mass is 371 g/mol. The summed E-state index contributed by atoms with van der Waals surface area (Å²) in [7, 11) is 0. The molecule has 0 aliphatic rings. The number of hydrogen-bond acceptors (Lipinski definition) is 5. The van der Waals surface area contributed by atoms with E-state index in [2.05, 4.69) is 38.4 Å². The quantitative estimate of drug-likeness (QED) is 0.787. The van der Waals surface area contributed by atoms with Crippen LogP contribution in [0.1, 0.15) is 24.9 Å². The molecule has 0 aliphatic carbocycles. The zero-order valence-electron chi connectivity index (χ0n) is 10.9. The Labute approximate surface area is 134 Å². The van der Waals surface area contributed by atoms with E-state index < -0.39 is 0 Å². The van der Waals surface area contributed by atoms with Crippen molar-refractivity contribution in [2.45, 2.75) is 23.7 Å². The van der Waals surface area contributed by atoms with Crippen LogP contribution in [0.25, 0.3) is 0 Å². The summed E-state index contributed by atoms with van der Waals surface area (Å²) in [6.07, 6.45) is 0.858. The predicted octanol–water partition coefficient (Wildman–Crippen LogP) is 3.66. The Morgan fingerprint density at radius 3 is 2.80 bits per heavy atom. The van der Waals surface area contributed by atoms with Crippen LogP contribution in [-0.4, -0.2) is 21.9 Å². The highest BCUT2D eigenvalue weighted by molar-refractivity contribution is 9.10. The molecule has 0 saturated carbocycles. The van der Waals surface area contributed by atoms with E-state index >= 15 is 0 Å². The van der Waals surface area contributed by atoms with Crippen LogP contribution in [0, 0.1) is 0 Å². The maximum atomic E-state index is 12.0. The Hall–Kier alpha value is -0.920. The van der Waals surface area contributed by atoms with Crippen LogP contribution >= 0.6 is 39.0 Å². The molecule has 0 unspecified atom stereocenters. The number of thioether (sulfide) groups is 1. The highest BCUT2D eigenvalue weighted by Crippen LogP contribution is 2.21. The van der Waals surface area contributed by atoms with E-state index in [0.717, 1.165) is 20.8 Å². The Bertz CT molecular complexity index is 545. The molecule has 1 atom stereocenters. The first-order valence-electron chi connectivity index (χ1n) is 6.13. The maximum absolute atomic E-state index is 12.0. The standard InChI is InChI=1S/C13H14BrN3OS2/c1-2-11(9-3-5-10(14)6-4-9)16-12(18)7-19-13-17-15-8-20-13/h3-6,8,11H,2,7H2,1H3,(H,16,18)/t11-/m1/s1. The normalized spacial score (nSPS) is 12.1. The number of nitrogens with zero attached hydrogens (tertiary/aromatic N) is 2. The second-order valence-electron chi connectivity index (χ2n) is 4.07. The Morgan fingerprint density at radius 2 is 2.20 bits per heavy atom. The van der Waals surface area contributed by atoms with Gasteiger partial charge in [0.05, 0.1) is 11.8 Å². The van der Waals surface area contributed by atoms with Crippen molar-refractivity contribution in [1.82, 2.24) is 15.5 Å². The van der Waals surface area contributed by atoms with E-state index in [-0.39, 0.29) is 11.9 Å². The number of carbonyl (C=O) groups is 1. The minimum atomic E-state index is 0.0139. The van der Waals surface area contributed by atoms with Crippen LogP contribution in [-0.2, 0) is 4.79 Å². The molecule has 0 bridgehead atoms. The molecule has 0 fully saturated rings. The van der Waals surface area contributed by atoms with Crippen molar-refractivity contribution in [2.75, 3.05) is 5.75 Å². The summed E-state index contributed by atoms with van der Waals surface area (Å²) in [5.74, 6) is 0.377. The van der Waals surface area contributed by atoms with Gasteiger partial charge in [-0.25, -0.2) is 0 Å². The third kappa shape index (κ3) is 4.57. The van der Waals surface area contributed by atoms with E-state index in [4.69, 9.17) is 0 Å². The van der Waals surface area contributed by atoms with Crippen molar-refractivity contribution in [2.24, 2.45) is 0 Å². The van der Waals surface area contributed by atoms with Gasteiger partial charge in [-0.05, 0) is 24.1 Å². The molecule has 2 rings (SSSR count). The molecule has 1 N–H and O–H groups in total. The largest absolute Gasteiger partial charge is 0.349 e. The number of halogens is 1. The number of hydrogen-bond donors (Lipinski definition) is 1. The number of aromatic nitrogens is 2. The van der Waals surface area contributed by atoms with E-state index in [0.29, 0.717) is 5.75 Å². The Balaban J connectivity index is 1.89. The van der Waals surface area contributed by atoms with Crippen LogP contribution < -0.4 is 5.32 Å². The van der Waals surface area contributed by atoms with E-state index in [1.807, 2.05) is 24.3 Å². The minimum Gasteiger partial charge on any atom is -0.349 e. The molecule has 4 nitrogen and oxygen atoms in total. The van der Waals surface area contributed by atoms with Crippen LogP contribution in [0.2, 0.25) is 0 Å². The van der Waals surface area contributed by atoms with E-state index in [1.54, 1.807) is 5.51 Å². The van der Waals surface area contributed by atoms with Gasteiger partial charge in [0.1, 0.15) is 5.51 Å². The van der Waals surface area contributed by atoms with E-state index in [9.17, 15) is 4.79 Å². The zero-order valence-corrected chi connectivity index (χ0v) is 14.1. The molecule has 2 aromatic rings. The Morgan fingerprint density at radius 1 is 1.45 bits per heavy atom. The summed E-state index contributed by atoms with van der Waals surface area (Å²) in [5, 5.41) is 10.7. The van der Waals surface area contributed by atoms with Crippen molar-refractivity contribution >= 4 is 44.9 Å². The predicted molar refractivity (Wildman–Crippen MR) is 85.9 cm³/mol. The fourth-order valence-corrected chi connectivity index (χ4v) is 3.27. The summed E-state index contributed by atoms with van der Waals surface area (Å²) in [6, 6.07) is 8.07. The molecule has 0 radical (unpaired) electrons. The van der Waals surface area contributed by atoms with Gasteiger partial charge in [-0.3, -0.25) is 4.79 Å². The number of amides is 1. The van der Waals surface area contributed by atoms with Gasteiger partial charge in [0.15, 0.2) is 4.34 Å². The summed E-state index contributed by atoms with van der Waals surface area (Å²) in [5.41, 5.74) is 2.78. The van der Waals surface area contributed by atoms with Gasteiger partial charge in [-0.2, -0.15) is 0 Å². The third-order valence-corrected chi connectivity index (χ3v) is 5.07. The summed E-state index contributed by atoms with van der Waals surface area (Å²) in [4.78, 5) is 12.0. The topological polar surface area (TPSA) is 54.9 Å². The first kappa shape index (κ1) is 15.5. The second kappa shape index (κ2) is 7.75. The van der Waals surface area contributed by atoms with Gasteiger partial charge in [0.2, 0.25) is 5.91 Å². The first-order valence-corrected chi connectivity index (χ1v) is 8.78. The van der Waals surface area contributed by atoms with Crippen LogP contribution in [0.5, 0.6) is 0 Å². The summed E-state index contributed by atoms with van der Waals surface area (Å²) >= 11 is 6.27. The summed E-state index contributed by atoms with van der Waals surface area (Å²) < 4.78 is 1.85. The smallest absolute Gasteiger partial charge is 0.230 e. The highest BCUT2D eigenvalue weighted by Gasteiger charge is 2.13. The lowest BCUT2D eigenvalue weighted by Crippen LogP contribution is -2.29. The van der Waals surface area contributed by atoms with Crippen LogP contribution in [0.3, 0.4) is 0 Å². The molecular weight excluding hydrogens is 358 g/mol. The molecular formula is C13H14BrN3OS2. The van der Waals surface area contributed by atoms with Crippen molar-refractivity contribution in [3.05, 3.63) is 39.8 Å². The number of rotatable bonds is 6. The average molecular weight is 372 g/mol. The van der Waals surface area contributed by atoms with Crippen molar-refractivity contribution in [3.8, 4) is 0 Å². The molecule has 0 spiro atoms. The lowest BCUT2D eigenvalue weighted by atomic mass is 10.0.